The molecule has 0 bridgehead atoms. The van der Waals surface area contributed by atoms with Crippen LogP contribution in [0, 0.1) is 0 Å². The monoisotopic (exact) mass is 189 g/mol. The first kappa shape index (κ1) is 7.73. The molecule has 1 aliphatic carbocycles. The second-order valence-electron chi connectivity index (χ2n) is 3.73. The smallest absolute Gasteiger partial charge is 0.252 e. The lowest BCUT2D eigenvalue weighted by Crippen LogP contribution is -2.10. The van der Waals surface area contributed by atoms with E-state index in [1.807, 2.05) is 0 Å². The van der Waals surface area contributed by atoms with Gasteiger partial charge in [-0.1, -0.05) is 6.42 Å². The van der Waals surface area contributed by atoms with Crippen molar-refractivity contribution in [3.05, 3.63) is 18.2 Å². The fraction of sp³-hybridized carbons (Fsp3) is 0.444. The Labute approximate surface area is 81.0 Å². The van der Waals surface area contributed by atoms with Gasteiger partial charge in [-0.25, -0.2) is 9.50 Å². The first-order valence-electron chi connectivity index (χ1n) is 4.81. The molecule has 2 heterocycles. The average Bonchev–Trinajstić information content (AvgIpc) is 2.43. The predicted octanol–water partition coefficient (Wildman–Crippen LogP) is 0.974. The van der Waals surface area contributed by atoms with E-state index in [-0.39, 0.29) is 0 Å². The summed E-state index contributed by atoms with van der Waals surface area (Å²) in [6, 6.07) is 0. The third-order valence-corrected chi connectivity index (χ3v) is 2.70. The summed E-state index contributed by atoms with van der Waals surface area (Å²) in [7, 11) is 0. The van der Waals surface area contributed by atoms with Crippen molar-refractivity contribution in [1.29, 1.82) is 0 Å². The van der Waals surface area contributed by atoms with Crippen molar-refractivity contribution >= 4 is 11.5 Å². The Morgan fingerprint density at radius 2 is 2.29 bits per heavy atom. The summed E-state index contributed by atoms with van der Waals surface area (Å²) < 4.78 is 1.66. The zero-order valence-electron chi connectivity index (χ0n) is 7.72. The van der Waals surface area contributed by atoms with E-state index < -0.39 is 0 Å². The molecule has 1 saturated carbocycles. The maximum absolute atomic E-state index is 5.60. The SMILES string of the molecule is Nc1cnc2nc(C3CCC3)nn2c1. The highest BCUT2D eigenvalue weighted by molar-refractivity contribution is 5.38. The van der Waals surface area contributed by atoms with Crippen molar-refractivity contribution in [1.82, 2.24) is 19.6 Å². The van der Waals surface area contributed by atoms with Gasteiger partial charge in [0, 0.05) is 5.92 Å². The minimum atomic E-state index is 0.540. The zero-order chi connectivity index (χ0) is 9.54. The Kier molecular flexibility index (Phi) is 1.47. The lowest BCUT2D eigenvalue weighted by Gasteiger charge is -2.21. The lowest BCUT2D eigenvalue weighted by molar-refractivity contribution is 0.402. The fourth-order valence-electron chi connectivity index (χ4n) is 1.65. The summed E-state index contributed by atoms with van der Waals surface area (Å²) >= 11 is 0. The van der Waals surface area contributed by atoms with E-state index >= 15 is 0 Å². The van der Waals surface area contributed by atoms with E-state index in [0.717, 1.165) is 5.82 Å². The maximum atomic E-state index is 5.60. The topological polar surface area (TPSA) is 69.1 Å². The van der Waals surface area contributed by atoms with E-state index in [9.17, 15) is 0 Å². The van der Waals surface area contributed by atoms with Crippen LogP contribution < -0.4 is 5.73 Å². The summed E-state index contributed by atoms with van der Waals surface area (Å²) in [5.41, 5.74) is 6.22. The van der Waals surface area contributed by atoms with Crippen molar-refractivity contribution in [3.63, 3.8) is 0 Å². The van der Waals surface area contributed by atoms with Crippen LogP contribution in [-0.2, 0) is 0 Å². The molecule has 0 atom stereocenters. The van der Waals surface area contributed by atoms with Crippen LogP contribution in [-0.4, -0.2) is 19.6 Å². The molecule has 2 aromatic rings. The third kappa shape index (κ3) is 1.05. The highest BCUT2D eigenvalue weighted by Crippen LogP contribution is 2.34. The highest BCUT2D eigenvalue weighted by Gasteiger charge is 2.23. The number of fused-ring (bicyclic) bond motifs is 1. The van der Waals surface area contributed by atoms with Crippen LogP contribution in [0.3, 0.4) is 0 Å². The molecule has 1 fully saturated rings. The molecule has 0 spiro atoms. The molecule has 0 radical (unpaired) electrons. The van der Waals surface area contributed by atoms with E-state index in [2.05, 4.69) is 15.1 Å². The van der Waals surface area contributed by atoms with Gasteiger partial charge in [-0.15, -0.1) is 5.10 Å². The molecule has 2 N–H and O–H groups in total. The van der Waals surface area contributed by atoms with Gasteiger partial charge < -0.3 is 5.73 Å². The second-order valence-corrected chi connectivity index (χ2v) is 3.73. The van der Waals surface area contributed by atoms with Crippen LogP contribution in [0.25, 0.3) is 5.78 Å². The van der Waals surface area contributed by atoms with Crippen LogP contribution in [0.4, 0.5) is 5.69 Å². The number of aromatic nitrogens is 4. The van der Waals surface area contributed by atoms with Gasteiger partial charge in [-0.2, -0.15) is 4.98 Å². The Bertz CT molecular complexity index is 471. The van der Waals surface area contributed by atoms with Gasteiger partial charge >= 0.3 is 0 Å². The van der Waals surface area contributed by atoms with Crippen molar-refractivity contribution in [2.24, 2.45) is 0 Å². The number of anilines is 1. The molecule has 14 heavy (non-hydrogen) atoms. The fourth-order valence-corrected chi connectivity index (χ4v) is 1.65. The largest absolute Gasteiger partial charge is 0.396 e. The minimum absolute atomic E-state index is 0.540. The van der Waals surface area contributed by atoms with Gasteiger partial charge in [0.05, 0.1) is 18.1 Å². The average molecular weight is 189 g/mol. The van der Waals surface area contributed by atoms with Crippen molar-refractivity contribution in [2.45, 2.75) is 25.2 Å². The van der Waals surface area contributed by atoms with Gasteiger partial charge in [-0.05, 0) is 12.8 Å². The van der Waals surface area contributed by atoms with Gasteiger partial charge in [0.25, 0.3) is 5.78 Å². The van der Waals surface area contributed by atoms with Crippen LogP contribution in [0.15, 0.2) is 12.4 Å². The van der Waals surface area contributed by atoms with Crippen LogP contribution in [0.2, 0.25) is 0 Å². The number of nitrogens with two attached hydrogens (primary N) is 1. The number of hydrogen-bond acceptors (Lipinski definition) is 4. The molecule has 5 heteroatoms. The molecule has 0 aliphatic heterocycles. The number of nitrogens with zero attached hydrogens (tertiary/aromatic N) is 4. The van der Waals surface area contributed by atoms with Crippen LogP contribution in [0.1, 0.15) is 31.0 Å². The van der Waals surface area contributed by atoms with Crippen LogP contribution >= 0.6 is 0 Å². The Morgan fingerprint density at radius 3 is 3.00 bits per heavy atom. The molecule has 0 amide bonds. The summed E-state index contributed by atoms with van der Waals surface area (Å²) in [6.45, 7) is 0. The third-order valence-electron chi connectivity index (χ3n) is 2.70. The Morgan fingerprint density at radius 1 is 1.43 bits per heavy atom. The van der Waals surface area contributed by atoms with E-state index in [0.29, 0.717) is 17.4 Å². The second kappa shape index (κ2) is 2.67. The molecule has 1 aliphatic rings. The normalized spacial score (nSPS) is 17.1. The van der Waals surface area contributed by atoms with Gasteiger partial charge in [0.2, 0.25) is 0 Å². The van der Waals surface area contributed by atoms with Crippen molar-refractivity contribution in [3.8, 4) is 0 Å². The van der Waals surface area contributed by atoms with Gasteiger partial charge in [0.1, 0.15) is 0 Å². The van der Waals surface area contributed by atoms with Crippen molar-refractivity contribution in [2.75, 3.05) is 5.73 Å². The van der Waals surface area contributed by atoms with E-state index in [1.165, 1.54) is 19.3 Å². The molecule has 0 aromatic carbocycles. The predicted molar refractivity (Wildman–Crippen MR) is 51.8 cm³/mol. The van der Waals surface area contributed by atoms with E-state index in [1.54, 1.807) is 16.9 Å². The molecule has 0 unspecified atom stereocenters. The molecule has 72 valence electrons. The van der Waals surface area contributed by atoms with Crippen LogP contribution in [0.5, 0.6) is 0 Å². The van der Waals surface area contributed by atoms with Gasteiger partial charge in [0.15, 0.2) is 5.82 Å². The zero-order valence-corrected chi connectivity index (χ0v) is 7.72. The summed E-state index contributed by atoms with van der Waals surface area (Å²) in [5.74, 6) is 2.09. The highest BCUT2D eigenvalue weighted by atomic mass is 15.3. The molecule has 3 rings (SSSR count). The summed E-state index contributed by atoms with van der Waals surface area (Å²) in [6.07, 6.45) is 7.04. The molecule has 5 nitrogen and oxygen atoms in total. The van der Waals surface area contributed by atoms with E-state index in [4.69, 9.17) is 5.73 Å². The molecular weight excluding hydrogens is 178 g/mol. The standard InChI is InChI=1S/C9H11N5/c10-7-4-11-9-12-8(6-2-1-3-6)13-14(9)5-7/h4-6H,1-3,10H2. The first-order valence-corrected chi connectivity index (χ1v) is 4.81. The number of rotatable bonds is 1. The Hall–Kier alpha value is -1.65. The summed E-state index contributed by atoms with van der Waals surface area (Å²) in [5, 5.41) is 4.36. The maximum Gasteiger partial charge on any atom is 0.252 e. The lowest BCUT2D eigenvalue weighted by atomic mass is 9.85. The minimum Gasteiger partial charge on any atom is -0.396 e. The summed E-state index contributed by atoms with van der Waals surface area (Å²) in [4.78, 5) is 8.47. The quantitative estimate of drug-likeness (QED) is 0.725. The molecular formula is C9H11N5. The molecule has 2 aromatic heterocycles. The Balaban J connectivity index is 2.10. The number of hydrogen-bond donors (Lipinski definition) is 1. The molecule has 0 saturated heterocycles. The number of nitrogen functional groups attached to an aromatic ring is 1. The van der Waals surface area contributed by atoms with Crippen molar-refractivity contribution < 1.29 is 0 Å². The van der Waals surface area contributed by atoms with Gasteiger partial charge in [-0.3, -0.25) is 0 Å². The first-order chi connectivity index (χ1) is 6.83.